The van der Waals surface area contributed by atoms with Gasteiger partial charge in [0.25, 0.3) is 0 Å². The first-order valence-electron chi connectivity index (χ1n) is 8.21. The van der Waals surface area contributed by atoms with Gasteiger partial charge in [-0.25, -0.2) is 9.97 Å². The number of aryl methyl sites for hydroxylation is 1. The molecule has 2 aliphatic rings. The van der Waals surface area contributed by atoms with Gasteiger partial charge in [-0.2, -0.15) is 0 Å². The summed E-state index contributed by atoms with van der Waals surface area (Å²) in [7, 11) is 2.02. The first kappa shape index (κ1) is 14.3. The molecule has 3 aromatic rings. The first-order valence-corrected chi connectivity index (χ1v) is 8.59. The molecule has 1 saturated carbocycles. The van der Waals surface area contributed by atoms with Crippen molar-refractivity contribution in [2.24, 2.45) is 24.6 Å². The second kappa shape index (κ2) is 4.94. The molecule has 0 bridgehead atoms. The van der Waals surface area contributed by atoms with Crippen LogP contribution < -0.4 is 10.6 Å². The monoisotopic (exact) mass is 339 g/mol. The van der Waals surface area contributed by atoms with Crippen LogP contribution in [-0.2, 0) is 7.05 Å². The van der Waals surface area contributed by atoms with Gasteiger partial charge in [-0.15, -0.1) is 0 Å². The minimum atomic E-state index is 0.382. The molecule has 2 aromatic heterocycles. The Kier molecular flexibility index (Phi) is 2.94. The molecule has 3 heterocycles. The number of halogens is 1. The third-order valence-electron chi connectivity index (χ3n) is 5.45. The Labute approximate surface area is 145 Å². The largest absolute Gasteiger partial charge is 0.356 e. The van der Waals surface area contributed by atoms with Crippen molar-refractivity contribution in [3.05, 3.63) is 41.6 Å². The van der Waals surface area contributed by atoms with E-state index in [0.717, 1.165) is 41.3 Å². The lowest BCUT2D eigenvalue weighted by Crippen LogP contribution is -2.28. The highest BCUT2D eigenvalue weighted by molar-refractivity contribution is 6.33. The highest BCUT2D eigenvalue weighted by Gasteiger charge is 2.53. The molecule has 0 spiro atoms. The topological polar surface area (TPSA) is 60.0 Å². The van der Waals surface area contributed by atoms with Gasteiger partial charge in [-0.05, 0) is 30.0 Å². The summed E-state index contributed by atoms with van der Waals surface area (Å²) in [6, 6.07) is 10.5. The van der Waals surface area contributed by atoms with Crippen molar-refractivity contribution < 1.29 is 0 Å². The van der Waals surface area contributed by atoms with Crippen LogP contribution in [-0.4, -0.2) is 33.7 Å². The Morgan fingerprint density at radius 1 is 1.21 bits per heavy atom. The van der Waals surface area contributed by atoms with Crippen LogP contribution >= 0.6 is 11.6 Å². The summed E-state index contributed by atoms with van der Waals surface area (Å²) < 4.78 is 2.08. The van der Waals surface area contributed by atoms with E-state index in [1.807, 2.05) is 25.2 Å². The van der Waals surface area contributed by atoms with Gasteiger partial charge in [0.1, 0.15) is 11.6 Å². The molecular formula is C18H18ClN5. The summed E-state index contributed by atoms with van der Waals surface area (Å²) in [4.78, 5) is 11.6. The van der Waals surface area contributed by atoms with Gasteiger partial charge in [0.05, 0.1) is 16.1 Å². The van der Waals surface area contributed by atoms with Crippen molar-refractivity contribution in [1.29, 1.82) is 0 Å². The number of aromatic nitrogens is 3. The first-order chi connectivity index (χ1) is 11.6. The Hall–Kier alpha value is -2.11. The lowest BCUT2D eigenvalue weighted by Gasteiger charge is -2.21. The second-order valence-electron chi connectivity index (χ2n) is 6.82. The molecule has 0 amide bonds. The van der Waals surface area contributed by atoms with Crippen molar-refractivity contribution in [3.8, 4) is 11.4 Å². The van der Waals surface area contributed by atoms with Gasteiger partial charge in [-0.1, -0.05) is 23.7 Å². The van der Waals surface area contributed by atoms with E-state index in [1.165, 1.54) is 0 Å². The lowest BCUT2D eigenvalue weighted by atomic mass is 10.2. The summed E-state index contributed by atoms with van der Waals surface area (Å²) in [5.41, 5.74) is 9.02. The fourth-order valence-corrected chi connectivity index (χ4v) is 4.11. The fraction of sp³-hybridized carbons (Fsp3) is 0.333. The minimum Gasteiger partial charge on any atom is -0.356 e. The molecule has 0 unspecified atom stereocenters. The van der Waals surface area contributed by atoms with Crippen molar-refractivity contribution in [2.45, 2.75) is 6.04 Å². The van der Waals surface area contributed by atoms with E-state index >= 15 is 0 Å². The molecule has 6 heteroatoms. The number of nitrogens with two attached hydrogens (primary N) is 1. The summed E-state index contributed by atoms with van der Waals surface area (Å²) in [5, 5.41) is 0.623. The number of para-hydroxylation sites is 2. The van der Waals surface area contributed by atoms with Crippen LogP contribution in [0.4, 0.5) is 5.82 Å². The number of fused-ring (bicyclic) bond motifs is 2. The van der Waals surface area contributed by atoms with Gasteiger partial charge in [-0.3, -0.25) is 0 Å². The van der Waals surface area contributed by atoms with E-state index < -0.39 is 0 Å². The zero-order valence-corrected chi connectivity index (χ0v) is 14.1. The summed E-state index contributed by atoms with van der Waals surface area (Å²) in [6.07, 6.45) is 1.73. The zero-order chi connectivity index (χ0) is 16.4. The quantitative estimate of drug-likeness (QED) is 0.779. The van der Waals surface area contributed by atoms with Crippen LogP contribution in [0, 0.1) is 11.8 Å². The molecular weight excluding hydrogens is 322 g/mol. The molecule has 5 rings (SSSR count). The van der Waals surface area contributed by atoms with Crippen LogP contribution in [0.5, 0.6) is 0 Å². The van der Waals surface area contributed by atoms with Crippen molar-refractivity contribution in [1.82, 2.24) is 14.5 Å². The van der Waals surface area contributed by atoms with E-state index in [2.05, 4.69) is 26.6 Å². The number of nitrogens with zero attached hydrogens (tertiary/aromatic N) is 4. The Balaban J connectivity index is 1.57. The van der Waals surface area contributed by atoms with Gasteiger partial charge in [0.2, 0.25) is 0 Å². The highest BCUT2D eigenvalue weighted by Crippen LogP contribution is 2.45. The molecule has 3 atom stereocenters. The minimum absolute atomic E-state index is 0.382. The van der Waals surface area contributed by atoms with E-state index in [4.69, 9.17) is 22.3 Å². The van der Waals surface area contributed by atoms with E-state index in [-0.39, 0.29) is 0 Å². The second-order valence-corrected chi connectivity index (χ2v) is 7.22. The predicted octanol–water partition coefficient (Wildman–Crippen LogP) is 2.68. The predicted molar refractivity (Wildman–Crippen MR) is 96.1 cm³/mol. The summed E-state index contributed by atoms with van der Waals surface area (Å²) in [5.74, 6) is 3.08. The Morgan fingerprint density at radius 3 is 2.71 bits per heavy atom. The van der Waals surface area contributed by atoms with Crippen LogP contribution in [0.1, 0.15) is 0 Å². The lowest BCUT2D eigenvalue weighted by molar-refractivity contribution is 0.735. The standard InChI is InChI=1S/C18H18ClN5/c1-23-15-5-3-2-4-14(15)22-18(23)10-6-16(21-7-13(10)19)24-8-11-12(9-24)17(11)20/h2-7,11-12,17H,8-9,20H2,1H3/t11-,12+,17+. The molecule has 1 saturated heterocycles. The third kappa shape index (κ3) is 1.98. The smallest absolute Gasteiger partial charge is 0.142 e. The summed E-state index contributed by atoms with van der Waals surface area (Å²) >= 11 is 6.44. The number of piperidine rings is 1. The van der Waals surface area contributed by atoms with Gasteiger partial charge >= 0.3 is 0 Å². The van der Waals surface area contributed by atoms with E-state index in [1.54, 1.807) is 6.20 Å². The fourth-order valence-electron chi connectivity index (χ4n) is 3.92. The highest BCUT2D eigenvalue weighted by atomic mass is 35.5. The average molecular weight is 340 g/mol. The molecule has 5 nitrogen and oxygen atoms in total. The maximum Gasteiger partial charge on any atom is 0.142 e. The van der Waals surface area contributed by atoms with Crippen LogP contribution in [0.3, 0.4) is 0 Å². The number of hydrogen-bond donors (Lipinski definition) is 1. The van der Waals surface area contributed by atoms with Crippen molar-refractivity contribution >= 4 is 28.5 Å². The normalized spacial score (nSPS) is 25.3. The van der Waals surface area contributed by atoms with Gasteiger partial charge in [0.15, 0.2) is 0 Å². The maximum absolute atomic E-state index is 6.44. The van der Waals surface area contributed by atoms with Crippen LogP contribution in [0.25, 0.3) is 22.4 Å². The SMILES string of the molecule is Cn1c(-c2cc(N3C[C@@H]4[C@@H](N)[C@@H]4C3)ncc2Cl)nc2ccccc21. The van der Waals surface area contributed by atoms with Crippen LogP contribution in [0.15, 0.2) is 36.5 Å². The summed E-state index contributed by atoms with van der Waals surface area (Å²) in [6.45, 7) is 1.98. The molecule has 1 aliphatic heterocycles. The maximum atomic E-state index is 6.44. The molecule has 122 valence electrons. The van der Waals surface area contributed by atoms with E-state index in [0.29, 0.717) is 22.9 Å². The zero-order valence-electron chi connectivity index (χ0n) is 13.4. The Morgan fingerprint density at radius 2 is 1.96 bits per heavy atom. The molecule has 24 heavy (non-hydrogen) atoms. The van der Waals surface area contributed by atoms with Crippen LogP contribution in [0.2, 0.25) is 5.02 Å². The molecule has 2 N–H and O–H groups in total. The van der Waals surface area contributed by atoms with E-state index in [9.17, 15) is 0 Å². The third-order valence-corrected chi connectivity index (χ3v) is 5.75. The number of benzene rings is 1. The van der Waals surface area contributed by atoms with Gasteiger partial charge < -0.3 is 15.2 Å². The number of anilines is 1. The average Bonchev–Trinajstić information content (AvgIpc) is 2.95. The molecule has 1 aromatic carbocycles. The van der Waals surface area contributed by atoms with Crippen molar-refractivity contribution in [2.75, 3.05) is 18.0 Å². The Bertz CT molecular complexity index is 938. The molecule has 1 aliphatic carbocycles. The molecule has 0 radical (unpaired) electrons. The number of pyridine rings is 1. The number of hydrogen-bond acceptors (Lipinski definition) is 4. The number of imidazole rings is 1. The van der Waals surface area contributed by atoms with Gasteiger partial charge in [0, 0.05) is 37.9 Å². The van der Waals surface area contributed by atoms with Crippen molar-refractivity contribution in [3.63, 3.8) is 0 Å². The number of rotatable bonds is 2. The molecule has 2 fully saturated rings.